The maximum atomic E-state index is 10.4. The number of benzene rings is 2. The van der Waals surface area contributed by atoms with Gasteiger partial charge in [0.05, 0.1) is 13.2 Å². The van der Waals surface area contributed by atoms with E-state index in [9.17, 15) is 10.2 Å². The number of ether oxygens (including phenoxy) is 1. The fourth-order valence-corrected chi connectivity index (χ4v) is 2.72. The van der Waals surface area contributed by atoms with Crippen LogP contribution in [0.4, 0.5) is 5.69 Å². The van der Waals surface area contributed by atoms with Crippen LogP contribution < -0.4 is 4.90 Å². The molecule has 2 aromatic carbocycles. The van der Waals surface area contributed by atoms with Crippen molar-refractivity contribution in [2.75, 3.05) is 31.2 Å². The van der Waals surface area contributed by atoms with Gasteiger partial charge in [0.2, 0.25) is 0 Å². The van der Waals surface area contributed by atoms with Crippen LogP contribution >= 0.6 is 0 Å². The lowest BCUT2D eigenvalue weighted by atomic mass is 9.98. The highest BCUT2D eigenvalue weighted by Gasteiger charge is 2.20. The second kappa shape index (κ2) is 6.92. The smallest absolute Gasteiger partial charge is 0.109 e. The fraction of sp³-hybridized carbons (Fsp3) is 0.333. The third kappa shape index (κ3) is 3.30. The number of hydrogen-bond acceptors (Lipinski definition) is 4. The van der Waals surface area contributed by atoms with E-state index in [4.69, 9.17) is 4.74 Å². The van der Waals surface area contributed by atoms with Crippen molar-refractivity contribution in [3.8, 4) is 0 Å². The number of hydrogen-bond donors (Lipinski definition) is 2. The molecule has 0 saturated carbocycles. The molecule has 2 N–H and O–H groups in total. The van der Waals surface area contributed by atoms with Gasteiger partial charge in [0.1, 0.15) is 12.2 Å². The first-order chi connectivity index (χ1) is 10.8. The van der Waals surface area contributed by atoms with E-state index >= 15 is 0 Å². The van der Waals surface area contributed by atoms with Gasteiger partial charge in [-0.25, -0.2) is 0 Å². The molecule has 0 bridgehead atoms. The Bertz CT molecular complexity index is 579. The maximum Gasteiger partial charge on any atom is 0.109 e. The topological polar surface area (TPSA) is 52.9 Å². The molecule has 1 aliphatic heterocycles. The molecule has 0 radical (unpaired) electrons. The van der Waals surface area contributed by atoms with Gasteiger partial charge >= 0.3 is 0 Å². The molecular weight excluding hydrogens is 278 g/mol. The zero-order valence-electron chi connectivity index (χ0n) is 12.4. The molecule has 116 valence electrons. The molecule has 1 aliphatic rings. The lowest BCUT2D eigenvalue weighted by molar-refractivity contribution is 0.0172. The summed E-state index contributed by atoms with van der Waals surface area (Å²) < 4.78 is 5.35. The highest BCUT2D eigenvalue weighted by atomic mass is 16.5. The summed E-state index contributed by atoms with van der Waals surface area (Å²) in [6, 6.07) is 17.0. The molecule has 3 rings (SSSR count). The van der Waals surface area contributed by atoms with Gasteiger partial charge in [0.25, 0.3) is 0 Å². The summed E-state index contributed by atoms with van der Waals surface area (Å²) in [5, 5.41) is 20.6. The minimum atomic E-state index is -0.930. The van der Waals surface area contributed by atoms with Crippen LogP contribution in [0.1, 0.15) is 23.3 Å². The molecule has 1 fully saturated rings. The van der Waals surface area contributed by atoms with E-state index in [0.29, 0.717) is 11.1 Å². The average molecular weight is 299 g/mol. The van der Waals surface area contributed by atoms with E-state index in [1.165, 1.54) is 0 Å². The lowest BCUT2D eigenvalue weighted by Gasteiger charge is -2.29. The van der Waals surface area contributed by atoms with Crippen LogP contribution in [0.15, 0.2) is 54.6 Å². The maximum absolute atomic E-state index is 10.4. The largest absolute Gasteiger partial charge is 0.385 e. The van der Waals surface area contributed by atoms with Crippen molar-refractivity contribution in [1.29, 1.82) is 0 Å². The predicted molar refractivity (Wildman–Crippen MR) is 85.8 cm³/mol. The highest BCUT2D eigenvalue weighted by Crippen LogP contribution is 2.29. The summed E-state index contributed by atoms with van der Waals surface area (Å²) in [5.74, 6) is 0. The van der Waals surface area contributed by atoms with Crippen LogP contribution in [0.5, 0.6) is 0 Å². The Morgan fingerprint density at radius 3 is 1.91 bits per heavy atom. The van der Waals surface area contributed by atoms with E-state index in [-0.39, 0.29) is 0 Å². The molecule has 0 unspecified atom stereocenters. The number of aliphatic hydroxyl groups is 2. The highest BCUT2D eigenvalue weighted by molar-refractivity contribution is 5.48. The summed E-state index contributed by atoms with van der Waals surface area (Å²) in [5.41, 5.74) is 2.55. The van der Waals surface area contributed by atoms with Crippen molar-refractivity contribution in [3.63, 3.8) is 0 Å². The molecule has 1 heterocycles. The average Bonchev–Trinajstić information content (AvgIpc) is 2.62. The Kier molecular flexibility index (Phi) is 4.73. The SMILES string of the molecule is O[C@H](c1ccccc1)[C@@H](O)c1ccc(N2CCOCC2)cc1. The number of rotatable bonds is 4. The van der Waals surface area contributed by atoms with Crippen molar-refractivity contribution in [1.82, 2.24) is 0 Å². The summed E-state index contributed by atoms with van der Waals surface area (Å²) in [4.78, 5) is 2.26. The first-order valence-corrected chi connectivity index (χ1v) is 7.59. The third-order valence-electron chi connectivity index (χ3n) is 4.05. The zero-order chi connectivity index (χ0) is 15.4. The van der Waals surface area contributed by atoms with Gasteiger partial charge < -0.3 is 19.8 Å². The van der Waals surface area contributed by atoms with E-state index in [0.717, 1.165) is 32.0 Å². The van der Waals surface area contributed by atoms with Gasteiger partial charge in [-0.05, 0) is 23.3 Å². The van der Waals surface area contributed by atoms with Crippen molar-refractivity contribution >= 4 is 5.69 Å². The van der Waals surface area contributed by atoms with Crippen LogP contribution in [0.2, 0.25) is 0 Å². The van der Waals surface area contributed by atoms with Gasteiger partial charge in [0, 0.05) is 18.8 Å². The van der Waals surface area contributed by atoms with Crippen molar-refractivity contribution in [2.24, 2.45) is 0 Å². The van der Waals surface area contributed by atoms with Crippen molar-refractivity contribution in [3.05, 3.63) is 65.7 Å². The zero-order valence-corrected chi connectivity index (χ0v) is 12.4. The Morgan fingerprint density at radius 1 is 0.773 bits per heavy atom. The first kappa shape index (κ1) is 15.0. The van der Waals surface area contributed by atoms with Crippen molar-refractivity contribution in [2.45, 2.75) is 12.2 Å². The Morgan fingerprint density at radius 2 is 1.32 bits per heavy atom. The molecule has 0 aliphatic carbocycles. The van der Waals surface area contributed by atoms with Crippen LogP contribution in [0, 0.1) is 0 Å². The number of aliphatic hydroxyl groups excluding tert-OH is 2. The Balaban J connectivity index is 1.71. The van der Waals surface area contributed by atoms with E-state index in [1.54, 1.807) is 0 Å². The van der Waals surface area contributed by atoms with E-state index in [2.05, 4.69) is 4.90 Å². The van der Waals surface area contributed by atoms with Crippen LogP contribution in [-0.2, 0) is 4.74 Å². The van der Waals surface area contributed by atoms with Gasteiger partial charge in [0.15, 0.2) is 0 Å². The van der Waals surface area contributed by atoms with Gasteiger partial charge in [-0.1, -0.05) is 42.5 Å². The van der Waals surface area contributed by atoms with Gasteiger partial charge in [-0.15, -0.1) is 0 Å². The standard InChI is InChI=1S/C18H21NO3/c20-17(14-4-2-1-3-5-14)18(21)15-6-8-16(9-7-15)19-10-12-22-13-11-19/h1-9,17-18,20-21H,10-13H2/t17-,18+/m1/s1. The molecule has 4 heteroatoms. The summed E-state index contributed by atoms with van der Waals surface area (Å²) in [7, 11) is 0. The molecule has 1 saturated heterocycles. The number of nitrogens with zero attached hydrogens (tertiary/aromatic N) is 1. The Labute approximate surface area is 130 Å². The second-order valence-corrected chi connectivity index (χ2v) is 5.49. The summed E-state index contributed by atoms with van der Waals surface area (Å²) >= 11 is 0. The summed E-state index contributed by atoms with van der Waals surface area (Å²) in [6.07, 6.45) is -1.85. The fourth-order valence-electron chi connectivity index (χ4n) is 2.72. The molecule has 0 spiro atoms. The first-order valence-electron chi connectivity index (χ1n) is 7.59. The van der Waals surface area contributed by atoms with E-state index < -0.39 is 12.2 Å². The van der Waals surface area contributed by atoms with Crippen LogP contribution in [0.25, 0.3) is 0 Å². The third-order valence-corrected chi connectivity index (χ3v) is 4.05. The molecule has 22 heavy (non-hydrogen) atoms. The molecule has 2 atom stereocenters. The number of morpholine rings is 1. The monoisotopic (exact) mass is 299 g/mol. The molecule has 0 amide bonds. The summed E-state index contributed by atoms with van der Waals surface area (Å²) in [6.45, 7) is 3.26. The molecule has 2 aromatic rings. The lowest BCUT2D eigenvalue weighted by Crippen LogP contribution is -2.36. The number of anilines is 1. The van der Waals surface area contributed by atoms with Gasteiger partial charge in [-0.3, -0.25) is 0 Å². The predicted octanol–water partition coefficient (Wildman–Crippen LogP) is 2.29. The van der Waals surface area contributed by atoms with Crippen molar-refractivity contribution < 1.29 is 14.9 Å². The normalized spacial score (nSPS) is 18.0. The van der Waals surface area contributed by atoms with Gasteiger partial charge in [-0.2, -0.15) is 0 Å². The molecule has 4 nitrogen and oxygen atoms in total. The Hall–Kier alpha value is -1.88. The van der Waals surface area contributed by atoms with E-state index in [1.807, 2.05) is 54.6 Å². The van der Waals surface area contributed by atoms with Crippen LogP contribution in [-0.4, -0.2) is 36.5 Å². The second-order valence-electron chi connectivity index (χ2n) is 5.49. The minimum Gasteiger partial charge on any atom is -0.385 e. The van der Waals surface area contributed by atoms with Crippen LogP contribution in [0.3, 0.4) is 0 Å². The molecular formula is C18H21NO3. The minimum absolute atomic E-state index is 0.715. The quantitative estimate of drug-likeness (QED) is 0.909. The molecule has 0 aromatic heterocycles.